The summed E-state index contributed by atoms with van der Waals surface area (Å²) in [6.07, 6.45) is 3.28. The molecule has 12 heteroatoms. The molecule has 0 radical (unpaired) electrons. The molecule has 0 amide bonds. The van der Waals surface area contributed by atoms with Crippen molar-refractivity contribution < 1.29 is 4.55 Å². The first-order valence-corrected chi connectivity index (χ1v) is 15.9. The van der Waals surface area contributed by atoms with E-state index in [1.807, 2.05) is 97.1 Å². The number of aromatic nitrogens is 8. The van der Waals surface area contributed by atoms with Crippen molar-refractivity contribution in [3.63, 3.8) is 0 Å². The number of rotatable bonds is 0. The fourth-order valence-electron chi connectivity index (χ4n) is 5.59. The third-order valence-electron chi connectivity index (χ3n) is 7.46. The summed E-state index contributed by atoms with van der Waals surface area (Å²) < 4.78 is 9.56. The average molecular weight is 673 g/mol. The molecule has 2 aliphatic heterocycles. The number of nitrogens with zero attached hydrogens (tertiary/aromatic N) is 6. The molecule has 9 nitrogen and oxygen atoms in total. The van der Waals surface area contributed by atoms with E-state index in [1.165, 1.54) is 0 Å². The summed E-state index contributed by atoms with van der Waals surface area (Å²) in [6.45, 7) is 0. The largest absolute Gasteiger partial charge is 0.324 e. The molecule has 0 aliphatic carbocycles. The molecule has 7 aromatic rings. The van der Waals surface area contributed by atoms with Crippen molar-refractivity contribution in [1.82, 2.24) is 39.9 Å². The molecule has 0 fully saturated rings. The minimum atomic E-state index is -0.611. The van der Waals surface area contributed by atoms with Crippen LogP contribution >= 0.6 is 0 Å². The number of fused-ring (bicyclic) bond motifs is 20. The van der Waals surface area contributed by atoms with E-state index < -0.39 is 11.2 Å². The first kappa shape index (κ1) is 33.7. The number of benzene rings is 4. The van der Waals surface area contributed by atoms with Gasteiger partial charge in [-0.25, -0.2) is 29.9 Å². The smallest absolute Gasteiger partial charge is 0.164 e. The van der Waals surface area contributed by atoms with E-state index in [2.05, 4.69) is 9.97 Å². The normalized spacial score (nSPS) is 11.2. The van der Waals surface area contributed by atoms with Crippen molar-refractivity contribution in [3.05, 3.63) is 97.1 Å². The van der Waals surface area contributed by atoms with Crippen LogP contribution in [0.15, 0.2) is 97.1 Å². The van der Waals surface area contributed by atoms with Gasteiger partial charge in [-0.15, -0.1) is 0 Å². The van der Waals surface area contributed by atoms with Gasteiger partial charge in [-0.2, -0.15) is 0 Å². The standard InChI is InChI=1S/C32H18N8.C2H6OS.2K.2H/c1-2-10-18-17(9-1)25-33-26(18)38-28-21-13-5-6-14-22(21)30(35-28)40-32-24-16-8-7-15-23(24)31(36-32)39-29-20-12-4-3-11-19(20)27(34-29)37-25;1-4(2)3;;;;/h1-16H,(H2,33,34,35,36,37,38,39,40);1-2H3;;;;. The van der Waals surface area contributed by atoms with Crippen LogP contribution in [0.1, 0.15) is 0 Å². The van der Waals surface area contributed by atoms with Gasteiger partial charge in [0.2, 0.25) is 0 Å². The van der Waals surface area contributed by atoms with Crippen molar-refractivity contribution in [2.24, 2.45) is 0 Å². The van der Waals surface area contributed by atoms with Crippen LogP contribution in [0.25, 0.3) is 89.7 Å². The molecular formula is C34H26K2N8OS. The maximum absolute atomic E-state index is 9.56. The summed E-state index contributed by atoms with van der Waals surface area (Å²) in [4.78, 5) is 36.8. The molecule has 0 atom stereocenters. The van der Waals surface area contributed by atoms with Gasteiger partial charge in [-0.1, -0.05) is 108 Å². The molecule has 5 heterocycles. The second-order valence-electron chi connectivity index (χ2n) is 10.5. The van der Waals surface area contributed by atoms with Crippen molar-refractivity contribution >= 4 is 158 Å². The Labute approximate surface area is 352 Å². The van der Waals surface area contributed by atoms with Gasteiger partial charge in [-0.05, 0) is 0 Å². The SMILES string of the molecule is C[S+](C)[O-].[KH].[KH].c1ccc2c(c1)-c1nc-2nc2[nH]c(nc3nc(nc4[nH]c(n1)c1ccccc41)-c1ccccc1-3)c1ccccc21. The first-order valence-electron chi connectivity index (χ1n) is 14.0. The summed E-state index contributed by atoms with van der Waals surface area (Å²) in [6, 6.07) is 32.2. The Balaban J connectivity index is 0.000000588. The zero-order valence-electron chi connectivity index (χ0n) is 23.7. The third kappa shape index (κ3) is 6.22. The van der Waals surface area contributed by atoms with Crippen LogP contribution in [0, 0.1) is 0 Å². The van der Waals surface area contributed by atoms with Gasteiger partial charge in [0.05, 0.1) is 12.5 Å². The quantitative estimate of drug-likeness (QED) is 0.159. The Bertz CT molecular complexity index is 2100. The number of nitrogens with one attached hydrogen (secondary N) is 2. The molecule has 8 bridgehead atoms. The van der Waals surface area contributed by atoms with E-state index in [9.17, 15) is 4.55 Å². The van der Waals surface area contributed by atoms with Gasteiger partial charge in [0.15, 0.2) is 23.3 Å². The Morgan fingerprint density at radius 1 is 0.413 bits per heavy atom. The van der Waals surface area contributed by atoms with Crippen LogP contribution in [0.3, 0.4) is 0 Å². The number of H-pyrrole nitrogens is 2. The molecular weight excluding hydrogens is 647 g/mol. The average Bonchev–Trinajstić information content (AvgIpc) is 3.76. The minimum absolute atomic E-state index is 0. The number of hydrogen-bond acceptors (Lipinski definition) is 7. The Hall–Kier alpha value is -2.18. The van der Waals surface area contributed by atoms with Crippen molar-refractivity contribution in [2.45, 2.75) is 0 Å². The minimum Gasteiger partial charge on any atom is -0.324 e. The van der Waals surface area contributed by atoms with Gasteiger partial charge < -0.3 is 14.5 Å². The summed E-state index contributed by atoms with van der Waals surface area (Å²) in [7, 11) is 0. The molecule has 2 N–H and O–H groups in total. The van der Waals surface area contributed by atoms with Crippen LogP contribution < -0.4 is 0 Å². The van der Waals surface area contributed by atoms with Gasteiger partial charge in [0.25, 0.3) is 0 Å². The molecule has 0 saturated carbocycles. The number of hydrogen-bond donors (Lipinski definition) is 2. The monoisotopic (exact) mass is 672 g/mol. The van der Waals surface area contributed by atoms with Crippen molar-refractivity contribution in [2.75, 3.05) is 12.5 Å². The molecule has 216 valence electrons. The molecule has 9 rings (SSSR count). The van der Waals surface area contributed by atoms with Gasteiger partial charge in [0.1, 0.15) is 22.6 Å². The summed E-state index contributed by atoms with van der Waals surface area (Å²) in [5.41, 5.74) is 6.45. The predicted octanol–water partition coefficient (Wildman–Crippen LogP) is 5.57. The third-order valence-corrected chi connectivity index (χ3v) is 7.46. The zero-order valence-corrected chi connectivity index (χ0v) is 24.6. The fraction of sp³-hybridized carbons (Fsp3) is 0.0588. The van der Waals surface area contributed by atoms with Crippen LogP contribution in [0.2, 0.25) is 0 Å². The van der Waals surface area contributed by atoms with E-state index in [0.717, 1.165) is 43.8 Å². The Morgan fingerprint density at radius 2 is 0.630 bits per heavy atom. The first-order chi connectivity index (χ1) is 21.5. The summed E-state index contributed by atoms with van der Waals surface area (Å²) >= 11 is -0.611. The van der Waals surface area contributed by atoms with Crippen LogP contribution in [-0.4, -0.2) is 160 Å². The molecule has 0 spiro atoms. The van der Waals surface area contributed by atoms with E-state index in [4.69, 9.17) is 29.9 Å². The second kappa shape index (κ2) is 14.1. The van der Waals surface area contributed by atoms with Crippen LogP contribution in [0.4, 0.5) is 0 Å². The Morgan fingerprint density at radius 3 is 0.870 bits per heavy atom. The van der Waals surface area contributed by atoms with Crippen molar-refractivity contribution in [1.29, 1.82) is 0 Å². The predicted molar refractivity (Wildman–Crippen MR) is 190 cm³/mol. The number of aromatic amines is 2. The molecule has 0 saturated heterocycles. The molecule has 3 aromatic heterocycles. The maximum atomic E-state index is 9.56. The van der Waals surface area contributed by atoms with E-state index in [1.54, 1.807) is 12.5 Å². The summed E-state index contributed by atoms with van der Waals surface area (Å²) in [5.74, 6) is 2.39. The maximum Gasteiger partial charge on any atom is 0.164 e. The zero-order chi connectivity index (χ0) is 29.8. The van der Waals surface area contributed by atoms with Crippen LogP contribution in [0.5, 0.6) is 0 Å². The molecule has 46 heavy (non-hydrogen) atoms. The molecule has 2 aliphatic rings. The topological polar surface area (TPSA) is 132 Å². The fourth-order valence-corrected chi connectivity index (χ4v) is 5.59. The van der Waals surface area contributed by atoms with Crippen molar-refractivity contribution in [3.8, 4) is 45.6 Å². The van der Waals surface area contributed by atoms with Gasteiger partial charge in [0, 0.05) is 43.8 Å². The second-order valence-corrected chi connectivity index (χ2v) is 12.0. The van der Waals surface area contributed by atoms with Crippen LogP contribution in [-0.2, 0) is 11.2 Å². The molecule has 0 unspecified atom stereocenters. The van der Waals surface area contributed by atoms with E-state index in [-0.39, 0.29) is 103 Å². The van der Waals surface area contributed by atoms with E-state index in [0.29, 0.717) is 45.9 Å². The van der Waals surface area contributed by atoms with Gasteiger partial charge in [-0.3, -0.25) is 0 Å². The van der Waals surface area contributed by atoms with E-state index >= 15 is 0 Å². The molecule has 4 aromatic carbocycles. The summed E-state index contributed by atoms with van der Waals surface area (Å²) in [5, 5.41) is 3.82. The Kier molecular flexibility index (Phi) is 10.4. The van der Waals surface area contributed by atoms with Gasteiger partial charge >= 0.3 is 103 Å².